The second-order valence-corrected chi connectivity index (χ2v) is 5.95. The lowest BCUT2D eigenvalue weighted by Gasteiger charge is -2.36. The largest absolute Gasteiger partial charge is 0.466 e. The minimum Gasteiger partial charge on any atom is -0.466 e. The lowest BCUT2D eigenvalue weighted by atomic mass is 10.0. The average molecular weight is 271 g/mol. The Kier molecular flexibility index (Phi) is 5.63. The zero-order chi connectivity index (χ0) is 14.5. The molecule has 110 valence electrons. The number of piperidine rings is 1. The molecule has 1 saturated heterocycles. The number of ether oxygens (including phenoxy) is 2. The van der Waals surface area contributed by atoms with E-state index in [2.05, 4.69) is 0 Å². The number of hydrogen-bond acceptors (Lipinski definition) is 4. The second-order valence-electron chi connectivity index (χ2n) is 5.95. The molecule has 0 N–H and O–H groups in total. The van der Waals surface area contributed by atoms with Gasteiger partial charge in [0.2, 0.25) is 0 Å². The molecule has 1 aliphatic heterocycles. The molecule has 0 spiro atoms. The Bertz CT molecular complexity index is 322. The van der Waals surface area contributed by atoms with Gasteiger partial charge < -0.3 is 14.4 Å². The fraction of sp³-hybridized carbons (Fsp3) is 0.857. The summed E-state index contributed by atoms with van der Waals surface area (Å²) < 4.78 is 10.4. The lowest BCUT2D eigenvalue weighted by molar-refractivity contribution is -0.141. The third kappa shape index (κ3) is 5.94. The zero-order valence-corrected chi connectivity index (χ0v) is 12.4. The minimum atomic E-state index is -0.477. The van der Waals surface area contributed by atoms with Crippen molar-refractivity contribution < 1.29 is 19.1 Å². The highest BCUT2D eigenvalue weighted by Gasteiger charge is 2.30. The number of likely N-dealkylation sites (tertiary alicyclic amines) is 1. The molecule has 1 amide bonds. The van der Waals surface area contributed by atoms with Crippen molar-refractivity contribution in [3.05, 3.63) is 0 Å². The molecule has 0 aromatic carbocycles. The summed E-state index contributed by atoms with van der Waals surface area (Å²) >= 11 is 0. The van der Waals surface area contributed by atoms with Crippen LogP contribution >= 0.6 is 0 Å². The Labute approximate surface area is 115 Å². The summed E-state index contributed by atoms with van der Waals surface area (Å²) in [7, 11) is 0. The minimum absolute atomic E-state index is 0.114. The van der Waals surface area contributed by atoms with Crippen molar-refractivity contribution in [1.82, 2.24) is 4.90 Å². The van der Waals surface area contributed by atoms with Crippen molar-refractivity contribution in [2.45, 2.75) is 65.0 Å². The van der Waals surface area contributed by atoms with E-state index < -0.39 is 5.60 Å². The van der Waals surface area contributed by atoms with Crippen LogP contribution in [0.25, 0.3) is 0 Å². The van der Waals surface area contributed by atoms with Crippen LogP contribution < -0.4 is 0 Å². The van der Waals surface area contributed by atoms with Gasteiger partial charge in [0.05, 0.1) is 6.61 Å². The monoisotopic (exact) mass is 271 g/mol. The molecular formula is C14H25NO4. The second kappa shape index (κ2) is 6.78. The highest BCUT2D eigenvalue weighted by molar-refractivity contribution is 5.68. The van der Waals surface area contributed by atoms with Gasteiger partial charge in [-0.3, -0.25) is 4.79 Å². The summed E-state index contributed by atoms with van der Waals surface area (Å²) in [5.41, 5.74) is -0.477. The molecule has 5 nitrogen and oxygen atoms in total. The van der Waals surface area contributed by atoms with Crippen LogP contribution in [-0.2, 0) is 14.3 Å². The normalized spacial score (nSPS) is 20.0. The van der Waals surface area contributed by atoms with Crippen molar-refractivity contribution in [2.75, 3.05) is 13.2 Å². The summed E-state index contributed by atoms with van der Waals surface area (Å²) in [5, 5.41) is 0. The van der Waals surface area contributed by atoms with Gasteiger partial charge in [0.15, 0.2) is 0 Å². The molecule has 0 radical (unpaired) electrons. The maximum atomic E-state index is 12.1. The summed E-state index contributed by atoms with van der Waals surface area (Å²) in [6.45, 7) is 8.07. The van der Waals surface area contributed by atoms with Crippen LogP contribution in [0.1, 0.15) is 53.4 Å². The first-order valence-corrected chi connectivity index (χ1v) is 6.92. The number of amides is 1. The molecule has 1 atom stereocenters. The van der Waals surface area contributed by atoms with Gasteiger partial charge in [-0.05, 0) is 40.0 Å². The summed E-state index contributed by atoms with van der Waals surface area (Å²) in [6.07, 6.45) is 3.46. The Morgan fingerprint density at radius 1 is 1.26 bits per heavy atom. The summed E-state index contributed by atoms with van der Waals surface area (Å²) in [5.74, 6) is -0.278. The number of carbonyl (C=O) groups excluding carboxylic acids is 2. The van der Waals surface area contributed by atoms with E-state index in [0.717, 1.165) is 25.8 Å². The van der Waals surface area contributed by atoms with E-state index >= 15 is 0 Å². The van der Waals surface area contributed by atoms with Crippen LogP contribution in [0, 0.1) is 0 Å². The maximum Gasteiger partial charge on any atom is 0.410 e. The van der Waals surface area contributed by atoms with E-state index in [1.165, 1.54) is 6.92 Å². The first kappa shape index (κ1) is 15.8. The molecular weight excluding hydrogens is 246 g/mol. The quantitative estimate of drug-likeness (QED) is 0.741. The molecule has 0 unspecified atom stereocenters. The fourth-order valence-corrected chi connectivity index (χ4v) is 2.20. The molecule has 0 aromatic heterocycles. The van der Waals surface area contributed by atoms with Gasteiger partial charge in [-0.15, -0.1) is 0 Å². The Balaban J connectivity index is 2.51. The van der Waals surface area contributed by atoms with Crippen molar-refractivity contribution in [3.8, 4) is 0 Å². The Hall–Kier alpha value is -1.26. The first-order chi connectivity index (χ1) is 8.79. The van der Waals surface area contributed by atoms with Gasteiger partial charge in [0.25, 0.3) is 0 Å². The van der Waals surface area contributed by atoms with Crippen LogP contribution in [0.3, 0.4) is 0 Å². The van der Waals surface area contributed by atoms with Crippen LogP contribution in [-0.4, -0.2) is 41.8 Å². The third-order valence-corrected chi connectivity index (χ3v) is 3.01. The summed E-state index contributed by atoms with van der Waals surface area (Å²) in [4.78, 5) is 24.7. The van der Waals surface area contributed by atoms with Crippen LogP contribution in [0.2, 0.25) is 0 Å². The first-order valence-electron chi connectivity index (χ1n) is 6.92. The maximum absolute atomic E-state index is 12.1. The number of esters is 1. The molecule has 1 fully saturated rings. The zero-order valence-electron chi connectivity index (χ0n) is 12.4. The predicted molar refractivity (Wildman–Crippen MR) is 71.8 cm³/mol. The number of hydrogen-bond donors (Lipinski definition) is 0. The smallest absolute Gasteiger partial charge is 0.410 e. The molecule has 1 heterocycles. The van der Waals surface area contributed by atoms with E-state index in [0.29, 0.717) is 13.0 Å². The number of nitrogens with zero attached hydrogens (tertiary/aromatic N) is 1. The molecule has 1 aliphatic rings. The van der Waals surface area contributed by atoms with E-state index in [9.17, 15) is 9.59 Å². The standard InChI is InChI=1S/C14H25NO4/c1-11(16)18-10-8-12-7-5-6-9-15(12)13(17)19-14(2,3)4/h12H,5-10H2,1-4H3/t12-/m1/s1. The van der Waals surface area contributed by atoms with Crippen molar-refractivity contribution in [1.29, 1.82) is 0 Å². The topological polar surface area (TPSA) is 55.8 Å². The third-order valence-electron chi connectivity index (χ3n) is 3.01. The Morgan fingerprint density at radius 3 is 2.53 bits per heavy atom. The highest BCUT2D eigenvalue weighted by atomic mass is 16.6. The number of rotatable bonds is 3. The predicted octanol–water partition coefficient (Wildman–Crippen LogP) is 2.73. The van der Waals surface area contributed by atoms with Crippen LogP contribution in [0.15, 0.2) is 0 Å². The highest BCUT2D eigenvalue weighted by Crippen LogP contribution is 2.22. The van der Waals surface area contributed by atoms with Crippen LogP contribution in [0.4, 0.5) is 4.79 Å². The van der Waals surface area contributed by atoms with Gasteiger partial charge >= 0.3 is 12.1 Å². The van der Waals surface area contributed by atoms with E-state index in [-0.39, 0.29) is 18.1 Å². The fourth-order valence-electron chi connectivity index (χ4n) is 2.20. The molecule has 1 rings (SSSR count). The van der Waals surface area contributed by atoms with E-state index in [1.807, 2.05) is 20.8 Å². The van der Waals surface area contributed by atoms with Gasteiger partial charge in [-0.2, -0.15) is 0 Å². The number of carbonyl (C=O) groups is 2. The lowest BCUT2D eigenvalue weighted by Crippen LogP contribution is -2.46. The Morgan fingerprint density at radius 2 is 1.95 bits per heavy atom. The van der Waals surface area contributed by atoms with Gasteiger partial charge in [-0.1, -0.05) is 0 Å². The molecule has 0 aromatic rings. The van der Waals surface area contributed by atoms with Crippen LogP contribution in [0.5, 0.6) is 0 Å². The summed E-state index contributed by atoms with van der Waals surface area (Å²) in [6, 6.07) is 0.114. The van der Waals surface area contributed by atoms with Gasteiger partial charge in [0.1, 0.15) is 5.60 Å². The van der Waals surface area contributed by atoms with Gasteiger partial charge in [-0.25, -0.2) is 4.79 Å². The van der Waals surface area contributed by atoms with Gasteiger partial charge in [0, 0.05) is 25.9 Å². The van der Waals surface area contributed by atoms with E-state index in [4.69, 9.17) is 9.47 Å². The van der Waals surface area contributed by atoms with Crippen molar-refractivity contribution in [2.24, 2.45) is 0 Å². The van der Waals surface area contributed by atoms with Crippen molar-refractivity contribution in [3.63, 3.8) is 0 Å². The SMILES string of the molecule is CC(=O)OCC[C@H]1CCCCN1C(=O)OC(C)(C)C. The molecule has 0 aliphatic carbocycles. The molecule has 0 saturated carbocycles. The van der Waals surface area contributed by atoms with Crippen molar-refractivity contribution >= 4 is 12.1 Å². The average Bonchev–Trinajstić information content (AvgIpc) is 2.26. The van der Waals surface area contributed by atoms with E-state index in [1.54, 1.807) is 4.90 Å². The molecule has 19 heavy (non-hydrogen) atoms. The molecule has 0 bridgehead atoms. The molecule has 5 heteroatoms.